The van der Waals surface area contributed by atoms with Gasteiger partial charge in [0, 0.05) is 24.4 Å². The number of nitrogens with zero attached hydrogens (tertiary/aromatic N) is 1. The van der Waals surface area contributed by atoms with Gasteiger partial charge in [-0.15, -0.1) is 0 Å². The Hall–Kier alpha value is -1.10. The lowest BCUT2D eigenvalue weighted by atomic mass is 9.76. The zero-order valence-corrected chi connectivity index (χ0v) is 12.4. The van der Waals surface area contributed by atoms with E-state index in [-0.39, 0.29) is 24.8 Å². The average Bonchev–Trinajstić information content (AvgIpc) is 2.47. The van der Waals surface area contributed by atoms with Gasteiger partial charge >= 0.3 is 6.18 Å². The summed E-state index contributed by atoms with van der Waals surface area (Å²) in [4.78, 5) is 4.35. The Morgan fingerprint density at radius 3 is 2.67 bits per heavy atom. The maximum absolute atomic E-state index is 12.8. The summed E-state index contributed by atoms with van der Waals surface area (Å²) in [6.45, 7) is 2.06. The van der Waals surface area contributed by atoms with Crippen molar-refractivity contribution in [1.29, 1.82) is 0 Å². The Labute approximate surface area is 123 Å². The van der Waals surface area contributed by atoms with Crippen LogP contribution in [-0.4, -0.2) is 17.2 Å². The highest BCUT2D eigenvalue weighted by Gasteiger charge is 2.43. The first-order valence-corrected chi connectivity index (χ1v) is 7.66. The van der Waals surface area contributed by atoms with E-state index in [1.165, 1.54) is 0 Å². The monoisotopic (exact) mass is 300 g/mol. The lowest BCUT2D eigenvalue weighted by Gasteiger charge is -2.33. The summed E-state index contributed by atoms with van der Waals surface area (Å²) in [5.41, 5.74) is 8.17. The topological polar surface area (TPSA) is 38.9 Å². The first-order chi connectivity index (χ1) is 9.90. The number of hydrogen-bond donors (Lipinski definition) is 1. The van der Waals surface area contributed by atoms with E-state index < -0.39 is 12.1 Å². The van der Waals surface area contributed by atoms with Crippen molar-refractivity contribution in [2.75, 3.05) is 0 Å². The zero-order valence-electron chi connectivity index (χ0n) is 12.4. The van der Waals surface area contributed by atoms with Crippen molar-refractivity contribution in [3.8, 4) is 0 Å². The van der Waals surface area contributed by atoms with Crippen LogP contribution in [0.5, 0.6) is 0 Å². The van der Waals surface area contributed by atoms with Gasteiger partial charge in [-0.05, 0) is 43.2 Å². The van der Waals surface area contributed by atoms with Gasteiger partial charge < -0.3 is 5.73 Å². The van der Waals surface area contributed by atoms with Crippen molar-refractivity contribution >= 4 is 0 Å². The molecule has 1 saturated carbocycles. The molecule has 0 radical (unpaired) electrons. The first kappa shape index (κ1) is 16.3. The van der Waals surface area contributed by atoms with Crippen LogP contribution in [0.1, 0.15) is 43.9 Å². The Morgan fingerprint density at radius 1 is 1.33 bits per heavy atom. The zero-order chi connectivity index (χ0) is 15.5. The summed E-state index contributed by atoms with van der Waals surface area (Å²) in [5, 5.41) is 0. The second kappa shape index (κ2) is 6.77. The van der Waals surface area contributed by atoms with Gasteiger partial charge in [0.2, 0.25) is 0 Å². The standard InChI is InChI=1S/C16H23F3N2/c1-2-11-6-7-14(21-10-11)9-15(20)12-4-3-5-13(8-12)16(17,18)19/h6-7,10,12-13,15H,2-5,8-9,20H2,1H3. The third-order valence-corrected chi connectivity index (χ3v) is 4.52. The van der Waals surface area contributed by atoms with Gasteiger partial charge in [-0.1, -0.05) is 19.4 Å². The van der Waals surface area contributed by atoms with Gasteiger partial charge in [-0.25, -0.2) is 0 Å². The molecule has 3 unspecified atom stereocenters. The molecule has 3 atom stereocenters. The number of hydrogen-bond acceptors (Lipinski definition) is 2. The van der Waals surface area contributed by atoms with Crippen molar-refractivity contribution in [1.82, 2.24) is 4.98 Å². The predicted octanol–water partition coefficient (Wildman–Crippen LogP) is 3.88. The number of aromatic nitrogens is 1. The van der Waals surface area contributed by atoms with Crippen molar-refractivity contribution in [2.45, 2.75) is 57.7 Å². The third-order valence-electron chi connectivity index (χ3n) is 4.52. The number of pyridine rings is 1. The van der Waals surface area contributed by atoms with Crippen molar-refractivity contribution in [2.24, 2.45) is 17.6 Å². The van der Waals surface area contributed by atoms with Crippen LogP contribution in [-0.2, 0) is 12.8 Å². The number of halogens is 3. The number of nitrogens with two attached hydrogens (primary N) is 1. The SMILES string of the molecule is CCc1ccc(CC(N)C2CCCC(C(F)(F)F)C2)nc1. The highest BCUT2D eigenvalue weighted by molar-refractivity contribution is 5.14. The maximum atomic E-state index is 12.8. The maximum Gasteiger partial charge on any atom is 0.391 e. The summed E-state index contributed by atoms with van der Waals surface area (Å²) >= 11 is 0. The van der Waals surface area contributed by atoms with Crippen LogP contribution in [0.3, 0.4) is 0 Å². The Bertz CT molecular complexity index is 442. The van der Waals surface area contributed by atoms with Crippen LogP contribution < -0.4 is 5.73 Å². The minimum absolute atomic E-state index is 0.0574. The fraction of sp³-hybridized carbons (Fsp3) is 0.688. The van der Waals surface area contributed by atoms with Crippen LogP contribution in [0.2, 0.25) is 0 Å². The van der Waals surface area contributed by atoms with Gasteiger partial charge in [-0.3, -0.25) is 4.98 Å². The molecule has 0 aliphatic heterocycles. The molecule has 1 fully saturated rings. The van der Waals surface area contributed by atoms with Gasteiger partial charge in [0.05, 0.1) is 5.92 Å². The highest BCUT2D eigenvalue weighted by Crippen LogP contribution is 2.40. The molecule has 0 amide bonds. The normalized spacial score (nSPS) is 24.8. The molecule has 0 aromatic carbocycles. The third kappa shape index (κ3) is 4.43. The molecule has 1 aliphatic rings. The molecule has 0 saturated heterocycles. The minimum Gasteiger partial charge on any atom is -0.327 e. The van der Waals surface area contributed by atoms with E-state index >= 15 is 0 Å². The quantitative estimate of drug-likeness (QED) is 0.916. The van der Waals surface area contributed by atoms with Crippen molar-refractivity contribution < 1.29 is 13.2 Å². The van der Waals surface area contributed by atoms with Gasteiger partial charge in [0.25, 0.3) is 0 Å². The molecular formula is C16H23F3N2. The molecule has 0 spiro atoms. The molecule has 0 bridgehead atoms. The second-order valence-electron chi connectivity index (χ2n) is 6.04. The molecule has 21 heavy (non-hydrogen) atoms. The van der Waals surface area contributed by atoms with E-state index in [0.717, 1.165) is 24.1 Å². The average molecular weight is 300 g/mol. The van der Waals surface area contributed by atoms with Gasteiger partial charge in [0.15, 0.2) is 0 Å². The van der Waals surface area contributed by atoms with E-state index in [1.54, 1.807) is 0 Å². The molecular weight excluding hydrogens is 277 g/mol. The van der Waals surface area contributed by atoms with Crippen molar-refractivity contribution in [3.05, 3.63) is 29.6 Å². The molecule has 5 heteroatoms. The Kier molecular flexibility index (Phi) is 5.25. The molecule has 2 rings (SSSR count). The molecule has 1 aliphatic carbocycles. The molecule has 2 nitrogen and oxygen atoms in total. The largest absolute Gasteiger partial charge is 0.391 e. The molecule has 1 aromatic rings. The van der Waals surface area contributed by atoms with Gasteiger partial charge in [0.1, 0.15) is 0 Å². The predicted molar refractivity (Wildman–Crippen MR) is 76.8 cm³/mol. The summed E-state index contributed by atoms with van der Waals surface area (Å²) in [6, 6.07) is 3.70. The van der Waals surface area contributed by atoms with Crippen LogP contribution in [0.4, 0.5) is 13.2 Å². The summed E-state index contributed by atoms with van der Waals surface area (Å²) in [7, 11) is 0. The van der Waals surface area contributed by atoms with Gasteiger partial charge in [-0.2, -0.15) is 13.2 Å². The van der Waals surface area contributed by atoms with Crippen LogP contribution in [0, 0.1) is 11.8 Å². The Morgan fingerprint density at radius 2 is 2.10 bits per heavy atom. The van der Waals surface area contributed by atoms with E-state index in [1.807, 2.05) is 18.3 Å². The number of aryl methyl sites for hydroxylation is 1. The molecule has 1 aromatic heterocycles. The number of alkyl halides is 3. The lowest BCUT2D eigenvalue weighted by molar-refractivity contribution is -0.186. The van der Waals surface area contributed by atoms with Crippen LogP contribution in [0.15, 0.2) is 18.3 Å². The fourth-order valence-corrected chi connectivity index (χ4v) is 3.11. The molecule has 2 N–H and O–H groups in total. The van der Waals surface area contributed by atoms with E-state index in [4.69, 9.17) is 5.73 Å². The fourth-order valence-electron chi connectivity index (χ4n) is 3.11. The van der Waals surface area contributed by atoms with Crippen LogP contribution >= 0.6 is 0 Å². The second-order valence-corrected chi connectivity index (χ2v) is 6.04. The van der Waals surface area contributed by atoms with E-state index in [0.29, 0.717) is 12.8 Å². The summed E-state index contributed by atoms with van der Waals surface area (Å²) in [6.07, 6.45) is 1.04. The molecule has 118 valence electrons. The van der Waals surface area contributed by atoms with Crippen molar-refractivity contribution in [3.63, 3.8) is 0 Å². The van der Waals surface area contributed by atoms with E-state index in [9.17, 15) is 13.2 Å². The van der Waals surface area contributed by atoms with Crippen LogP contribution in [0.25, 0.3) is 0 Å². The summed E-state index contributed by atoms with van der Waals surface area (Å²) < 4.78 is 38.5. The highest BCUT2D eigenvalue weighted by atomic mass is 19.4. The number of rotatable bonds is 4. The molecule has 1 heterocycles. The summed E-state index contributed by atoms with van der Waals surface area (Å²) in [5.74, 6) is -1.24. The van der Waals surface area contributed by atoms with E-state index in [2.05, 4.69) is 11.9 Å². The smallest absolute Gasteiger partial charge is 0.327 e. The minimum atomic E-state index is -4.08. The first-order valence-electron chi connectivity index (χ1n) is 7.66. The Balaban J connectivity index is 1.94. The lowest BCUT2D eigenvalue weighted by Crippen LogP contribution is -2.39.